The minimum atomic E-state index is -3.73. The first-order chi connectivity index (χ1) is 14.5. The van der Waals surface area contributed by atoms with E-state index in [-0.39, 0.29) is 9.92 Å². The lowest BCUT2D eigenvalue weighted by Gasteiger charge is -2.36. The van der Waals surface area contributed by atoms with Crippen molar-refractivity contribution in [2.24, 2.45) is 0 Å². The van der Waals surface area contributed by atoms with Crippen LogP contribution in [0.5, 0.6) is 5.75 Å². The third kappa shape index (κ3) is 4.06. The van der Waals surface area contributed by atoms with Crippen LogP contribution in [0.15, 0.2) is 70.6 Å². The van der Waals surface area contributed by atoms with Gasteiger partial charge in [-0.05, 0) is 48.5 Å². The number of piperazine rings is 1. The fourth-order valence-corrected chi connectivity index (χ4v) is 4.77. The van der Waals surface area contributed by atoms with Gasteiger partial charge in [0.25, 0.3) is 0 Å². The summed E-state index contributed by atoms with van der Waals surface area (Å²) in [5.41, 5.74) is 1.02. The van der Waals surface area contributed by atoms with Gasteiger partial charge in [0.1, 0.15) is 5.75 Å². The monoisotopic (exact) mass is 444 g/mol. The number of hydrogen-bond acceptors (Lipinski definition) is 7. The highest BCUT2D eigenvalue weighted by atomic mass is 35.5. The lowest BCUT2D eigenvalue weighted by Crippen LogP contribution is -2.47. The smallest absolute Gasteiger partial charge is 0.225 e. The molecule has 0 amide bonds. The molecular weight excluding hydrogens is 424 g/mol. The number of aromatic nitrogens is 2. The van der Waals surface area contributed by atoms with Crippen molar-refractivity contribution in [1.29, 1.82) is 0 Å². The lowest BCUT2D eigenvalue weighted by molar-refractivity contribution is 0.414. The first kappa shape index (κ1) is 20.4. The molecule has 0 unspecified atom stereocenters. The molecule has 1 aliphatic heterocycles. The number of hydrogen-bond donors (Lipinski definition) is 0. The van der Waals surface area contributed by atoms with Gasteiger partial charge in [0.15, 0.2) is 10.8 Å². The second-order valence-electron chi connectivity index (χ2n) is 6.83. The fraction of sp³-hybridized carbons (Fsp3) is 0.238. The van der Waals surface area contributed by atoms with Crippen molar-refractivity contribution in [2.75, 3.05) is 43.1 Å². The first-order valence-corrected chi connectivity index (χ1v) is 11.3. The predicted molar refractivity (Wildman–Crippen MR) is 116 cm³/mol. The van der Waals surface area contributed by atoms with E-state index in [4.69, 9.17) is 16.3 Å². The first-order valence-electron chi connectivity index (χ1n) is 9.46. The maximum atomic E-state index is 12.8. The van der Waals surface area contributed by atoms with Crippen LogP contribution in [0.1, 0.15) is 0 Å². The largest absolute Gasteiger partial charge is 0.497 e. The molecule has 1 fully saturated rings. The normalized spacial score (nSPS) is 14.6. The van der Waals surface area contributed by atoms with E-state index in [9.17, 15) is 8.42 Å². The van der Waals surface area contributed by atoms with E-state index >= 15 is 0 Å². The highest BCUT2D eigenvalue weighted by molar-refractivity contribution is 7.91. The summed E-state index contributed by atoms with van der Waals surface area (Å²) in [6.45, 7) is 3.06. The van der Waals surface area contributed by atoms with Crippen LogP contribution in [-0.2, 0) is 9.84 Å². The summed E-state index contributed by atoms with van der Waals surface area (Å²) >= 11 is 6.30. The van der Waals surface area contributed by atoms with Gasteiger partial charge in [0, 0.05) is 26.2 Å². The van der Waals surface area contributed by atoms with Crippen molar-refractivity contribution >= 4 is 32.9 Å². The number of halogens is 1. The zero-order valence-electron chi connectivity index (χ0n) is 16.4. The van der Waals surface area contributed by atoms with Gasteiger partial charge in [-0.25, -0.2) is 8.42 Å². The average molecular weight is 445 g/mol. The molecule has 0 N–H and O–H groups in total. The van der Waals surface area contributed by atoms with Gasteiger partial charge in [0.2, 0.25) is 9.84 Å². The van der Waals surface area contributed by atoms with E-state index in [2.05, 4.69) is 20.0 Å². The zero-order chi connectivity index (χ0) is 21.1. The molecule has 4 rings (SSSR count). The Balaban J connectivity index is 1.45. The summed E-state index contributed by atoms with van der Waals surface area (Å²) in [5.74, 6) is 1.24. The Morgan fingerprint density at radius 1 is 0.867 bits per heavy atom. The highest BCUT2D eigenvalue weighted by Crippen LogP contribution is 2.27. The third-order valence-electron chi connectivity index (χ3n) is 5.07. The number of nitrogens with zero attached hydrogens (tertiary/aromatic N) is 4. The van der Waals surface area contributed by atoms with Gasteiger partial charge in [-0.3, -0.25) is 0 Å². The second kappa shape index (κ2) is 8.49. The molecule has 30 heavy (non-hydrogen) atoms. The Bertz CT molecular complexity index is 1110. The molecule has 0 atom stereocenters. The quantitative estimate of drug-likeness (QED) is 0.597. The maximum Gasteiger partial charge on any atom is 0.225 e. The molecule has 0 bridgehead atoms. The predicted octanol–water partition coefficient (Wildman–Crippen LogP) is 3.30. The molecule has 156 valence electrons. The summed E-state index contributed by atoms with van der Waals surface area (Å²) < 4.78 is 30.6. The standard InChI is InChI=1S/C21H21ClN4O3S/c1-29-16-6-8-17(9-7-16)30(27,28)21-11-10-20(23-24-21)26-14-12-25(13-15-26)19-5-3-2-4-18(19)22/h2-11H,12-15H2,1H3. The van der Waals surface area contributed by atoms with Crippen molar-refractivity contribution in [2.45, 2.75) is 9.92 Å². The molecular formula is C21H21ClN4O3S. The number of para-hydroxylation sites is 1. The molecule has 1 aliphatic rings. The van der Waals surface area contributed by atoms with Gasteiger partial charge in [-0.2, -0.15) is 0 Å². The molecule has 0 aliphatic carbocycles. The molecule has 1 saturated heterocycles. The third-order valence-corrected chi connectivity index (χ3v) is 7.05. The Morgan fingerprint density at radius 2 is 1.53 bits per heavy atom. The fourth-order valence-electron chi connectivity index (χ4n) is 3.39. The van der Waals surface area contributed by atoms with Gasteiger partial charge >= 0.3 is 0 Å². The highest BCUT2D eigenvalue weighted by Gasteiger charge is 2.23. The molecule has 0 radical (unpaired) electrons. The summed E-state index contributed by atoms with van der Waals surface area (Å²) in [6.07, 6.45) is 0. The van der Waals surface area contributed by atoms with Crippen LogP contribution >= 0.6 is 11.6 Å². The van der Waals surface area contributed by atoms with E-state index in [0.717, 1.165) is 36.9 Å². The van der Waals surface area contributed by atoms with Crippen molar-refractivity contribution in [3.63, 3.8) is 0 Å². The van der Waals surface area contributed by atoms with E-state index in [1.165, 1.54) is 25.3 Å². The number of sulfone groups is 1. The van der Waals surface area contributed by atoms with Crippen LogP contribution in [0.2, 0.25) is 5.02 Å². The van der Waals surface area contributed by atoms with Crippen LogP contribution in [0.4, 0.5) is 11.5 Å². The molecule has 3 aromatic rings. The summed E-state index contributed by atoms with van der Waals surface area (Å²) in [4.78, 5) is 4.47. The second-order valence-corrected chi connectivity index (χ2v) is 9.14. The lowest BCUT2D eigenvalue weighted by atomic mass is 10.2. The van der Waals surface area contributed by atoms with Crippen molar-refractivity contribution < 1.29 is 13.2 Å². The Kier molecular flexibility index (Phi) is 5.78. The van der Waals surface area contributed by atoms with E-state index in [1.807, 2.05) is 24.3 Å². The van der Waals surface area contributed by atoms with Crippen LogP contribution in [0, 0.1) is 0 Å². The minimum absolute atomic E-state index is 0.0777. The number of ether oxygens (including phenoxy) is 1. The van der Waals surface area contributed by atoms with Gasteiger partial charge in [-0.15, -0.1) is 10.2 Å². The SMILES string of the molecule is COc1ccc(S(=O)(=O)c2ccc(N3CCN(c4ccccc4Cl)CC3)nn2)cc1. The average Bonchev–Trinajstić information content (AvgIpc) is 2.80. The zero-order valence-corrected chi connectivity index (χ0v) is 18.0. The number of anilines is 2. The molecule has 9 heteroatoms. The molecule has 2 aromatic carbocycles. The molecule has 0 saturated carbocycles. The Labute approximate surface area is 180 Å². The number of methoxy groups -OCH3 is 1. The minimum Gasteiger partial charge on any atom is -0.497 e. The summed E-state index contributed by atoms with van der Waals surface area (Å²) in [5, 5.41) is 8.82. The molecule has 0 spiro atoms. The Hall–Kier alpha value is -2.84. The molecule has 7 nitrogen and oxygen atoms in total. The van der Waals surface area contributed by atoms with Crippen molar-refractivity contribution in [1.82, 2.24) is 10.2 Å². The van der Waals surface area contributed by atoms with E-state index in [0.29, 0.717) is 11.6 Å². The molecule has 2 heterocycles. The van der Waals surface area contributed by atoms with Crippen molar-refractivity contribution in [3.8, 4) is 5.75 Å². The van der Waals surface area contributed by atoms with Gasteiger partial charge < -0.3 is 14.5 Å². The maximum absolute atomic E-state index is 12.8. The van der Waals surface area contributed by atoms with Crippen molar-refractivity contribution in [3.05, 3.63) is 65.7 Å². The summed E-state index contributed by atoms with van der Waals surface area (Å²) in [6, 6.07) is 17.2. The van der Waals surface area contributed by atoms with Gasteiger partial charge in [-0.1, -0.05) is 23.7 Å². The van der Waals surface area contributed by atoms with Crippen LogP contribution in [0.3, 0.4) is 0 Å². The van der Waals surface area contributed by atoms with Gasteiger partial charge in [0.05, 0.1) is 22.7 Å². The van der Waals surface area contributed by atoms with Crippen LogP contribution in [-0.4, -0.2) is 51.9 Å². The Morgan fingerprint density at radius 3 is 2.13 bits per heavy atom. The van der Waals surface area contributed by atoms with Crippen LogP contribution < -0.4 is 14.5 Å². The number of rotatable bonds is 5. The number of benzene rings is 2. The molecule has 1 aromatic heterocycles. The van der Waals surface area contributed by atoms with Crippen LogP contribution in [0.25, 0.3) is 0 Å². The van der Waals surface area contributed by atoms with E-state index in [1.54, 1.807) is 18.2 Å². The van der Waals surface area contributed by atoms with E-state index < -0.39 is 9.84 Å². The topological polar surface area (TPSA) is 75.6 Å². The summed E-state index contributed by atoms with van der Waals surface area (Å²) in [7, 11) is -2.20.